The Morgan fingerprint density at radius 3 is 2.57 bits per heavy atom. The Balaban J connectivity index is 1.56. The van der Waals surface area contributed by atoms with Gasteiger partial charge in [0.2, 0.25) is 0 Å². The molecule has 0 amide bonds. The first-order chi connectivity index (χ1) is 11.1. The van der Waals surface area contributed by atoms with Crippen molar-refractivity contribution in [3.63, 3.8) is 0 Å². The van der Waals surface area contributed by atoms with Crippen molar-refractivity contribution in [1.82, 2.24) is 9.88 Å². The average Bonchev–Trinajstić information content (AvgIpc) is 2.58. The molecular formula is C19H23FN2O. The Morgan fingerprint density at radius 1 is 1.22 bits per heavy atom. The summed E-state index contributed by atoms with van der Waals surface area (Å²) >= 11 is 0. The predicted molar refractivity (Wildman–Crippen MR) is 88.3 cm³/mol. The smallest absolute Gasteiger partial charge is 0.123 e. The van der Waals surface area contributed by atoms with E-state index in [9.17, 15) is 9.50 Å². The number of hydrogen-bond acceptors (Lipinski definition) is 3. The quantitative estimate of drug-likeness (QED) is 0.938. The molecule has 1 saturated heterocycles. The molecule has 3 rings (SSSR count). The van der Waals surface area contributed by atoms with E-state index < -0.39 is 6.10 Å². The van der Waals surface area contributed by atoms with E-state index in [2.05, 4.69) is 22.9 Å². The molecule has 4 heteroatoms. The predicted octanol–water partition coefficient (Wildman–Crippen LogP) is 3.47. The van der Waals surface area contributed by atoms with Gasteiger partial charge in [0.25, 0.3) is 0 Å². The van der Waals surface area contributed by atoms with Crippen molar-refractivity contribution in [3.8, 4) is 0 Å². The third-order valence-electron chi connectivity index (χ3n) is 4.78. The van der Waals surface area contributed by atoms with Gasteiger partial charge in [-0.1, -0.05) is 18.2 Å². The van der Waals surface area contributed by atoms with Crippen molar-refractivity contribution in [3.05, 3.63) is 65.2 Å². The van der Waals surface area contributed by atoms with E-state index in [4.69, 9.17) is 0 Å². The molecule has 1 atom stereocenters. The molecule has 0 aliphatic carbocycles. The van der Waals surface area contributed by atoms with Gasteiger partial charge in [-0.3, -0.25) is 9.88 Å². The molecule has 1 aromatic heterocycles. The van der Waals surface area contributed by atoms with E-state index in [0.717, 1.165) is 43.7 Å². The summed E-state index contributed by atoms with van der Waals surface area (Å²) in [5.41, 5.74) is 3.16. The van der Waals surface area contributed by atoms with Crippen LogP contribution in [0.25, 0.3) is 0 Å². The third-order valence-corrected chi connectivity index (χ3v) is 4.78. The van der Waals surface area contributed by atoms with Gasteiger partial charge in [-0.25, -0.2) is 4.39 Å². The first-order valence-electron chi connectivity index (χ1n) is 8.20. The van der Waals surface area contributed by atoms with Crippen LogP contribution in [0.1, 0.15) is 35.8 Å². The van der Waals surface area contributed by atoms with E-state index in [1.807, 2.05) is 12.3 Å². The zero-order chi connectivity index (χ0) is 16.2. The highest BCUT2D eigenvalue weighted by Gasteiger charge is 2.26. The third kappa shape index (κ3) is 3.95. The van der Waals surface area contributed by atoms with Crippen LogP contribution >= 0.6 is 0 Å². The molecule has 1 aliphatic rings. The largest absolute Gasteiger partial charge is 0.388 e. The molecule has 0 radical (unpaired) electrons. The van der Waals surface area contributed by atoms with Crippen LogP contribution in [0.2, 0.25) is 0 Å². The molecule has 0 bridgehead atoms. The van der Waals surface area contributed by atoms with Gasteiger partial charge in [0.1, 0.15) is 5.82 Å². The minimum Gasteiger partial charge on any atom is -0.388 e. The Morgan fingerprint density at radius 2 is 1.91 bits per heavy atom. The molecule has 2 aromatic rings. The standard InChI is InChI=1S/C19H23FN2O/c1-14-3-2-10-21-18(14)13-22-11-8-16(9-12-22)19(23)15-4-6-17(20)7-5-15/h2-7,10,16,19,23H,8-9,11-13H2,1H3. The average molecular weight is 314 g/mol. The minimum atomic E-state index is -0.505. The first-order valence-corrected chi connectivity index (χ1v) is 8.20. The fourth-order valence-corrected chi connectivity index (χ4v) is 3.25. The number of benzene rings is 1. The lowest BCUT2D eigenvalue weighted by Crippen LogP contribution is -2.35. The summed E-state index contributed by atoms with van der Waals surface area (Å²) in [5, 5.41) is 10.5. The molecule has 1 N–H and O–H groups in total. The molecule has 1 fully saturated rings. The second kappa shape index (κ2) is 7.20. The van der Waals surface area contributed by atoms with E-state index in [-0.39, 0.29) is 11.7 Å². The number of aromatic nitrogens is 1. The maximum Gasteiger partial charge on any atom is 0.123 e. The Labute approximate surface area is 136 Å². The lowest BCUT2D eigenvalue weighted by atomic mass is 9.87. The molecule has 2 heterocycles. The number of aryl methyl sites for hydroxylation is 1. The van der Waals surface area contributed by atoms with Crippen LogP contribution in [-0.4, -0.2) is 28.1 Å². The number of aliphatic hydroxyl groups is 1. The van der Waals surface area contributed by atoms with Gasteiger partial charge in [0.05, 0.1) is 11.8 Å². The van der Waals surface area contributed by atoms with Crippen LogP contribution in [0.3, 0.4) is 0 Å². The Kier molecular flexibility index (Phi) is 5.03. The number of halogens is 1. The maximum absolute atomic E-state index is 13.0. The summed E-state index contributed by atoms with van der Waals surface area (Å²) in [6, 6.07) is 10.2. The number of aliphatic hydroxyl groups excluding tert-OH is 1. The number of hydrogen-bond donors (Lipinski definition) is 1. The molecule has 122 valence electrons. The second-order valence-electron chi connectivity index (χ2n) is 6.38. The maximum atomic E-state index is 13.0. The monoisotopic (exact) mass is 314 g/mol. The number of nitrogens with zero attached hydrogens (tertiary/aromatic N) is 2. The van der Waals surface area contributed by atoms with Crippen LogP contribution in [0, 0.1) is 18.7 Å². The van der Waals surface area contributed by atoms with E-state index in [0.29, 0.717) is 0 Å². The molecule has 0 spiro atoms. The van der Waals surface area contributed by atoms with Crippen LogP contribution in [0.15, 0.2) is 42.6 Å². The molecule has 23 heavy (non-hydrogen) atoms. The van der Waals surface area contributed by atoms with Crippen LogP contribution < -0.4 is 0 Å². The number of likely N-dealkylation sites (tertiary alicyclic amines) is 1. The van der Waals surface area contributed by atoms with Gasteiger partial charge in [0, 0.05) is 12.7 Å². The van der Waals surface area contributed by atoms with Crippen LogP contribution in [0.4, 0.5) is 4.39 Å². The summed E-state index contributed by atoms with van der Waals surface area (Å²) < 4.78 is 13.0. The molecular weight excluding hydrogens is 291 g/mol. The summed E-state index contributed by atoms with van der Waals surface area (Å²) in [6.07, 6.45) is 3.23. The number of piperidine rings is 1. The highest BCUT2D eigenvalue weighted by Crippen LogP contribution is 2.31. The summed E-state index contributed by atoms with van der Waals surface area (Å²) in [7, 11) is 0. The zero-order valence-electron chi connectivity index (χ0n) is 13.5. The SMILES string of the molecule is Cc1cccnc1CN1CCC(C(O)c2ccc(F)cc2)CC1. The van der Waals surface area contributed by atoms with Crippen molar-refractivity contribution >= 4 is 0 Å². The van der Waals surface area contributed by atoms with Gasteiger partial charge in [-0.05, 0) is 68.1 Å². The van der Waals surface area contributed by atoms with E-state index in [1.165, 1.54) is 17.7 Å². The summed E-state index contributed by atoms with van der Waals surface area (Å²) in [6.45, 7) is 4.87. The molecule has 1 aromatic carbocycles. The lowest BCUT2D eigenvalue weighted by Gasteiger charge is -2.34. The van der Waals surface area contributed by atoms with Gasteiger partial charge in [-0.15, -0.1) is 0 Å². The van der Waals surface area contributed by atoms with Crippen molar-refractivity contribution in [1.29, 1.82) is 0 Å². The molecule has 1 unspecified atom stereocenters. The zero-order valence-corrected chi connectivity index (χ0v) is 13.5. The van der Waals surface area contributed by atoms with E-state index >= 15 is 0 Å². The van der Waals surface area contributed by atoms with Crippen molar-refractivity contribution in [2.45, 2.75) is 32.4 Å². The van der Waals surface area contributed by atoms with Crippen LogP contribution in [0.5, 0.6) is 0 Å². The number of pyridine rings is 1. The Hall–Kier alpha value is -1.78. The van der Waals surface area contributed by atoms with Crippen molar-refractivity contribution in [2.75, 3.05) is 13.1 Å². The molecule has 1 aliphatic heterocycles. The van der Waals surface area contributed by atoms with Gasteiger partial charge < -0.3 is 5.11 Å². The summed E-state index contributed by atoms with van der Waals surface area (Å²) in [4.78, 5) is 6.85. The van der Waals surface area contributed by atoms with Crippen molar-refractivity contribution in [2.24, 2.45) is 5.92 Å². The van der Waals surface area contributed by atoms with Gasteiger partial charge in [-0.2, -0.15) is 0 Å². The fraction of sp³-hybridized carbons (Fsp3) is 0.421. The van der Waals surface area contributed by atoms with Gasteiger partial charge >= 0.3 is 0 Å². The normalized spacial score (nSPS) is 18.0. The highest BCUT2D eigenvalue weighted by atomic mass is 19.1. The van der Waals surface area contributed by atoms with Gasteiger partial charge in [0.15, 0.2) is 0 Å². The second-order valence-corrected chi connectivity index (χ2v) is 6.38. The Bertz CT molecular complexity index is 636. The number of rotatable bonds is 4. The highest BCUT2D eigenvalue weighted by molar-refractivity contribution is 5.20. The summed E-state index contributed by atoms with van der Waals surface area (Å²) in [5.74, 6) is -0.0250. The minimum absolute atomic E-state index is 0.238. The fourth-order valence-electron chi connectivity index (χ4n) is 3.25. The lowest BCUT2D eigenvalue weighted by molar-refractivity contribution is 0.0563. The topological polar surface area (TPSA) is 36.4 Å². The van der Waals surface area contributed by atoms with E-state index in [1.54, 1.807) is 12.1 Å². The van der Waals surface area contributed by atoms with Crippen molar-refractivity contribution < 1.29 is 9.50 Å². The van der Waals surface area contributed by atoms with Crippen LogP contribution in [-0.2, 0) is 6.54 Å². The molecule has 0 saturated carbocycles. The molecule has 3 nitrogen and oxygen atoms in total. The first kappa shape index (κ1) is 16.1.